The van der Waals surface area contributed by atoms with Crippen LogP contribution in [0.4, 0.5) is 5.69 Å². The summed E-state index contributed by atoms with van der Waals surface area (Å²) in [6.07, 6.45) is 4.36. The summed E-state index contributed by atoms with van der Waals surface area (Å²) in [5.74, 6) is 0. The molecule has 2 fully saturated rings. The van der Waals surface area contributed by atoms with Crippen LogP contribution in [0.25, 0.3) is 0 Å². The third-order valence-corrected chi connectivity index (χ3v) is 4.83. The summed E-state index contributed by atoms with van der Waals surface area (Å²) >= 11 is 3.31. The lowest BCUT2D eigenvalue weighted by atomic mass is 10.2. The Morgan fingerprint density at radius 1 is 1.60 bits per heavy atom. The molecule has 110 valence electrons. The van der Waals surface area contributed by atoms with Crippen LogP contribution in [0, 0.1) is 0 Å². The summed E-state index contributed by atoms with van der Waals surface area (Å²) in [4.78, 5) is 14.3. The number of aryl methyl sites for hydroxylation is 1. The van der Waals surface area contributed by atoms with E-state index in [9.17, 15) is 4.79 Å². The molecule has 0 saturated carbocycles. The molecule has 3 heterocycles. The van der Waals surface area contributed by atoms with E-state index in [1.807, 2.05) is 0 Å². The van der Waals surface area contributed by atoms with Crippen molar-refractivity contribution in [3.63, 3.8) is 0 Å². The Morgan fingerprint density at radius 3 is 3.30 bits per heavy atom. The van der Waals surface area contributed by atoms with Gasteiger partial charge in [-0.2, -0.15) is 5.10 Å². The summed E-state index contributed by atoms with van der Waals surface area (Å²) in [5, 5.41) is 7.27. The second-order valence-corrected chi connectivity index (χ2v) is 6.22. The Balaban J connectivity index is 1.60. The fourth-order valence-electron chi connectivity index (χ4n) is 2.87. The van der Waals surface area contributed by atoms with Crippen LogP contribution in [0.15, 0.2) is 15.5 Å². The van der Waals surface area contributed by atoms with E-state index in [0.717, 1.165) is 18.8 Å². The molecule has 2 unspecified atom stereocenters. The molecule has 1 aromatic heterocycles. The lowest BCUT2D eigenvalue weighted by Gasteiger charge is -2.35. The highest BCUT2D eigenvalue weighted by Gasteiger charge is 2.32. The van der Waals surface area contributed by atoms with Crippen molar-refractivity contribution in [2.45, 2.75) is 25.0 Å². The van der Waals surface area contributed by atoms with E-state index in [1.54, 1.807) is 13.2 Å². The molecule has 0 bridgehead atoms. The van der Waals surface area contributed by atoms with Gasteiger partial charge in [-0.3, -0.25) is 9.69 Å². The Bertz CT molecular complexity index is 548. The van der Waals surface area contributed by atoms with E-state index in [4.69, 9.17) is 4.74 Å². The van der Waals surface area contributed by atoms with Crippen LogP contribution in [0.3, 0.4) is 0 Å². The van der Waals surface area contributed by atoms with Crippen LogP contribution < -0.4 is 10.9 Å². The minimum absolute atomic E-state index is 0.140. The Hall–Kier alpha value is -0.920. The van der Waals surface area contributed by atoms with E-state index >= 15 is 0 Å². The molecule has 0 radical (unpaired) electrons. The van der Waals surface area contributed by atoms with Gasteiger partial charge in [-0.15, -0.1) is 0 Å². The van der Waals surface area contributed by atoms with E-state index in [1.165, 1.54) is 24.1 Å². The van der Waals surface area contributed by atoms with Gasteiger partial charge in [-0.1, -0.05) is 0 Å². The Kier molecular flexibility index (Phi) is 4.09. The number of aromatic nitrogens is 2. The number of hydrogen-bond donors (Lipinski definition) is 1. The minimum Gasteiger partial charge on any atom is -0.380 e. The first-order valence-electron chi connectivity index (χ1n) is 6.96. The van der Waals surface area contributed by atoms with Gasteiger partial charge in [0.05, 0.1) is 24.6 Å². The minimum atomic E-state index is -0.140. The number of rotatable bonds is 3. The maximum atomic E-state index is 11.8. The summed E-state index contributed by atoms with van der Waals surface area (Å²) in [5.41, 5.74) is 0.583. The van der Waals surface area contributed by atoms with Crippen LogP contribution in [0.1, 0.15) is 12.8 Å². The standard InChI is InChI=1S/C13H19BrN4O2/c1-17-13(19)12(14)11(6-16-17)15-5-10-7-18-4-2-3-9(18)8-20-10/h6,9-10,15H,2-5,7-8H2,1H3. The number of ether oxygens (including phenoxy) is 1. The first kappa shape index (κ1) is 14.0. The molecule has 6 nitrogen and oxygen atoms in total. The van der Waals surface area contributed by atoms with Gasteiger partial charge in [-0.25, -0.2) is 4.68 Å². The summed E-state index contributed by atoms with van der Waals surface area (Å²) in [7, 11) is 1.63. The average Bonchev–Trinajstić information content (AvgIpc) is 2.91. The highest BCUT2D eigenvalue weighted by atomic mass is 79.9. The van der Waals surface area contributed by atoms with Crippen molar-refractivity contribution in [1.82, 2.24) is 14.7 Å². The predicted molar refractivity (Wildman–Crippen MR) is 80.0 cm³/mol. The van der Waals surface area contributed by atoms with Crippen LogP contribution in [-0.4, -0.2) is 53.1 Å². The largest absolute Gasteiger partial charge is 0.380 e. The average molecular weight is 343 g/mol. The number of nitrogens with one attached hydrogen (secondary N) is 1. The Labute approximate surface area is 126 Å². The molecular weight excluding hydrogens is 324 g/mol. The lowest BCUT2D eigenvalue weighted by molar-refractivity contribution is -0.0415. The van der Waals surface area contributed by atoms with Gasteiger partial charge in [0.1, 0.15) is 4.47 Å². The fourth-order valence-corrected chi connectivity index (χ4v) is 3.37. The molecule has 3 rings (SSSR count). The summed E-state index contributed by atoms with van der Waals surface area (Å²) in [6, 6.07) is 0.615. The molecular formula is C13H19BrN4O2. The molecule has 1 aromatic rings. The topological polar surface area (TPSA) is 59.4 Å². The van der Waals surface area contributed by atoms with E-state index in [2.05, 4.69) is 31.2 Å². The molecule has 0 amide bonds. The maximum Gasteiger partial charge on any atom is 0.282 e. The molecule has 1 N–H and O–H groups in total. The fraction of sp³-hybridized carbons (Fsp3) is 0.692. The molecule has 2 aliphatic heterocycles. The van der Waals surface area contributed by atoms with Crippen LogP contribution in [-0.2, 0) is 11.8 Å². The second kappa shape index (κ2) is 5.83. The SMILES string of the molecule is Cn1ncc(NCC2CN3CCCC3CO2)c(Br)c1=O. The van der Waals surface area contributed by atoms with Crippen molar-refractivity contribution in [1.29, 1.82) is 0 Å². The first-order chi connectivity index (χ1) is 9.65. The van der Waals surface area contributed by atoms with Gasteiger partial charge in [0, 0.05) is 26.2 Å². The normalized spacial score (nSPS) is 26.5. The van der Waals surface area contributed by atoms with Gasteiger partial charge in [0.15, 0.2) is 0 Å². The van der Waals surface area contributed by atoms with Crippen molar-refractivity contribution >= 4 is 21.6 Å². The monoisotopic (exact) mass is 342 g/mol. The van der Waals surface area contributed by atoms with E-state index in [-0.39, 0.29) is 11.7 Å². The lowest BCUT2D eigenvalue weighted by Crippen LogP contribution is -2.48. The van der Waals surface area contributed by atoms with Crippen LogP contribution >= 0.6 is 15.9 Å². The summed E-state index contributed by atoms with van der Waals surface area (Å²) < 4.78 is 7.71. The highest BCUT2D eigenvalue weighted by molar-refractivity contribution is 9.10. The van der Waals surface area contributed by atoms with Gasteiger partial charge in [-0.05, 0) is 35.3 Å². The summed E-state index contributed by atoms with van der Waals surface area (Å²) in [6.45, 7) is 3.66. The van der Waals surface area contributed by atoms with Crippen molar-refractivity contribution in [2.75, 3.05) is 31.6 Å². The number of halogens is 1. The molecule has 2 saturated heterocycles. The van der Waals surface area contributed by atoms with Gasteiger partial charge < -0.3 is 10.1 Å². The van der Waals surface area contributed by atoms with Gasteiger partial charge >= 0.3 is 0 Å². The molecule has 0 aromatic carbocycles. The Morgan fingerprint density at radius 2 is 2.45 bits per heavy atom. The zero-order valence-corrected chi connectivity index (χ0v) is 13.1. The zero-order valence-electron chi connectivity index (χ0n) is 11.5. The second-order valence-electron chi connectivity index (χ2n) is 5.43. The number of nitrogens with zero attached hydrogens (tertiary/aromatic N) is 3. The number of morpholine rings is 1. The maximum absolute atomic E-state index is 11.8. The molecule has 0 spiro atoms. The third kappa shape index (κ3) is 2.75. The third-order valence-electron chi connectivity index (χ3n) is 4.06. The first-order valence-corrected chi connectivity index (χ1v) is 7.76. The molecule has 20 heavy (non-hydrogen) atoms. The molecule has 2 aliphatic rings. The zero-order chi connectivity index (χ0) is 14.1. The van der Waals surface area contributed by atoms with E-state index in [0.29, 0.717) is 17.1 Å². The predicted octanol–water partition coefficient (Wildman–Crippen LogP) is 0.818. The smallest absolute Gasteiger partial charge is 0.282 e. The number of anilines is 1. The van der Waals surface area contributed by atoms with Crippen molar-refractivity contribution < 1.29 is 4.74 Å². The highest BCUT2D eigenvalue weighted by Crippen LogP contribution is 2.23. The number of fused-ring (bicyclic) bond motifs is 1. The van der Waals surface area contributed by atoms with Crippen molar-refractivity contribution in [3.05, 3.63) is 21.0 Å². The van der Waals surface area contributed by atoms with Gasteiger partial charge in [0.25, 0.3) is 5.56 Å². The van der Waals surface area contributed by atoms with Gasteiger partial charge in [0.2, 0.25) is 0 Å². The van der Waals surface area contributed by atoms with Crippen molar-refractivity contribution in [3.8, 4) is 0 Å². The van der Waals surface area contributed by atoms with E-state index < -0.39 is 0 Å². The molecule has 0 aliphatic carbocycles. The molecule has 7 heteroatoms. The number of hydrogen-bond acceptors (Lipinski definition) is 5. The van der Waals surface area contributed by atoms with Crippen LogP contribution in [0.2, 0.25) is 0 Å². The quantitative estimate of drug-likeness (QED) is 0.881. The van der Waals surface area contributed by atoms with Crippen LogP contribution in [0.5, 0.6) is 0 Å². The van der Waals surface area contributed by atoms with Crippen molar-refractivity contribution in [2.24, 2.45) is 7.05 Å². The molecule has 2 atom stereocenters.